The van der Waals surface area contributed by atoms with Crippen molar-refractivity contribution in [2.75, 3.05) is 32.7 Å². The molecule has 2 aliphatic rings. The highest BCUT2D eigenvalue weighted by Crippen LogP contribution is 2.38. The van der Waals surface area contributed by atoms with Crippen LogP contribution in [0.15, 0.2) is 30.9 Å². The van der Waals surface area contributed by atoms with Crippen LogP contribution in [0.3, 0.4) is 0 Å². The Kier molecular flexibility index (Phi) is 9.21. The summed E-state index contributed by atoms with van der Waals surface area (Å²) >= 11 is 0. The first-order valence-electron chi connectivity index (χ1n) is 14.3. The Morgan fingerprint density at radius 1 is 1.10 bits per heavy atom. The van der Waals surface area contributed by atoms with E-state index in [0.717, 1.165) is 24.8 Å². The number of ether oxygens (including phenoxy) is 3. The van der Waals surface area contributed by atoms with Crippen LogP contribution in [0, 0.1) is 11.8 Å². The fourth-order valence-corrected chi connectivity index (χ4v) is 5.99. The van der Waals surface area contributed by atoms with Gasteiger partial charge in [0.15, 0.2) is 11.5 Å². The molecule has 5 rings (SSSR count). The number of aliphatic hydroxyl groups is 2. The van der Waals surface area contributed by atoms with Crippen LogP contribution in [0.1, 0.15) is 50.6 Å². The van der Waals surface area contributed by atoms with Crippen molar-refractivity contribution in [3.63, 3.8) is 0 Å². The molecule has 0 spiro atoms. The third kappa shape index (κ3) is 6.39. The molecule has 2 aliphatic carbocycles. The van der Waals surface area contributed by atoms with Gasteiger partial charge in [-0.3, -0.25) is 4.79 Å². The second-order valence-corrected chi connectivity index (χ2v) is 10.9. The van der Waals surface area contributed by atoms with Gasteiger partial charge >= 0.3 is 5.97 Å². The van der Waals surface area contributed by atoms with Gasteiger partial charge in [-0.05, 0) is 50.7 Å². The minimum absolute atomic E-state index is 0.104. The lowest BCUT2D eigenvalue weighted by atomic mass is 9.77. The van der Waals surface area contributed by atoms with E-state index in [0.29, 0.717) is 73.0 Å². The van der Waals surface area contributed by atoms with Gasteiger partial charge in [-0.25, -0.2) is 15.0 Å². The molecule has 1 aromatic carbocycles. The number of esters is 1. The van der Waals surface area contributed by atoms with Crippen LogP contribution in [0.25, 0.3) is 11.2 Å². The van der Waals surface area contributed by atoms with Crippen LogP contribution in [0.4, 0.5) is 5.82 Å². The van der Waals surface area contributed by atoms with Gasteiger partial charge in [-0.15, -0.1) is 0 Å². The topological polar surface area (TPSA) is 153 Å². The molecule has 2 aromatic heterocycles. The standard InChI is InChI=1S/C29H40N6O6/c1-4-41-24(36)8-5-17-9-20(10-17)30-14-19-11-22(27(38)26(19)37)35-16-34-25-28(32-15-33-29(25)35)31-13-18-6-7-21(39-2)12-23(18)40-3/h6-7,12,15-17,19-20,22,26-27,30,37-38H,4-5,8-11,13-14H2,1-3H3,(H,31,32,33)/t17?,19-,20?,22-,26-,27+/m1/s1. The Hall–Kier alpha value is -3.48. The van der Waals surface area contributed by atoms with E-state index >= 15 is 0 Å². The number of carbonyl (C=O) groups excluding carboxylic acids is 1. The number of aromatic nitrogens is 4. The number of carbonyl (C=O) groups is 1. The van der Waals surface area contributed by atoms with E-state index in [-0.39, 0.29) is 17.9 Å². The molecule has 3 aromatic rings. The third-order valence-corrected chi connectivity index (χ3v) is 8.39. The maximum absolute atomic E-state index is 11.6. The van der Waals surface area contributed by atoms with E-state index in [2.05, 4.69) is 25.6 Å². The number of methoxy groups -OCH3 is 2. The van der Waals surface area contributed by atoms with Crippen LogP contribution >= 0.6 is 0 Å². The van der Waals surface area contributed by atoms with Gasteiger partial charge in [-0.1, -0.05) is 0 Å². The SMILES string of the molecule is CCOC(=O)CCC1CC(NC[C@H]2C[C@@H](n3cnc4c(NCc5ccc(OC)cc5OC)ncnc43)[C@H](O)[C@@H]2O)C1. The van der Waals surface area contributed by atoms with Crippen LogP contribution in [0.2, 0.25) is 0 Å². The summed E-state index contributed by atoms with van der Waals surface area (Å²) in [7, 11) is 3.23. The Labute approximate surface area is 239 Å². The van der Waals surface area contributed by atoms with Crippen molar-refractivity contribution in [1.29, 1.82) is 0 Å². The molecule has 12 nitrogen and oxygen atoms in total. The van der Waals surface area contributed by atoms with Gasteiger partial charge < -0.3 is 39.6 Å². The molecule has 0 saturated heterocycles. The average Bonchev–Trinajstić information content (AvgIpc) is 3.51. The van der Waals surface area contributed by atoms with Gasteiger partial charge in [0, 0.05) is 43.1 Å². The van der Waals surface area contributed by atoms with E-state index in [1.54, 1.807) is 20.5 Å². The third-order valence-electron chi connectivity index (χ3n) is 8.39. The second kappa shape index (κ2) is 13.0. The molecule has 12 heteroatoms. The van der Waals surface area contributed by atoms with Crippen LogP contribution in [-0.4, -0.2) is 81.3 Å². The number of hydrogen-bond acceptors (Lipinski definition) is 11. The van der Waals surface area contributed by atoms with Crippen molar-refractivity contribution in [2.45, 2.75) is 69.9 Å². The quantitative estimate of drug-likeness (QED) is 0.225. The molecule has 0 bridgehead atoms. The summed E-state index contributed by atoms with van der Waals surface area (Å²) in [4.78, 5) is 25.0. The van der Waals surface area contributed by atoms with E-state index < -0.39 is 12.2 Å². The molecule has 222 valence electrons. The predicted octanol–water partition coefficient (Wildman–Crippen LogP) is 2.45. The predicted molar refractivity (Wildman–Crippen MR) is 152 cm³/mol. The molecule has 4 atom stereocenters. The van der Waals surface area contributed by atoms with Crippen molar-refractivity contribution in [1.82, 2.24) is 24.8 Å². The van der Waals surface area contributed by atoms with Crippen molar-refractivity contribution in [3.05, 3.63) is 36.4 Å². The molecule has 4 N–H and O–H groups in total. The first-order chi connectivity index (χ1) is 19.9. The molecule has 2 heterocycles. The zero-order chi connectivity index (χ0) is 28.9. The number of nitrogens with one attached hydrogen (secondary N) is 2. The van der Waals surface area contributed by atoms with Crippen molar-refractivity contribution >= 4 is 23.0 Å². The molecule has 41 heavy (non-hydrogen) atoms. The Morgan fingerprint density at radius 3 is 2.68 bits per heavy atom. The fraction of sp³-hybridized carbons (Fsp3) is 0.586. The first kappa shape index (κ1) is 29.0. The highest BCUT2D eigenvalue weighted by Gasteiger charge is 2.43. The minimum atomic E-state index is -0.937. The zero-order valence-electron chi connectivity index (χ0n) is 23.8. The van der Waals surface area contributed by atoms with E-state index in [1.807, 2.05) is 29.7 Å². The lowest BCUT2D eigenvalue weighted by molar-refractivity contribution is -0.143. The van der Waals surface area contributed by atoms with Crippen molar-refractivity contribution in [3.8, 4) is 11.5 Å². The summed E-state index contributed by atoms with van der Waals surface area (Å²) in [6, 6.07) is 5.64. The molecule has 0 radical (unpaired) electrons. The lowest BCUT2D eigenvalue weighted by Crippen LogP contribution is -2.44. The zero-order valence-corrected chi connectivity index (χ0v) is 23.8. The van der Waals surface area contributed by atoms with Crippen molar-refractivity contribution in [2.24, 2.45) is 11.8 Å². The Bertz CT molecular complexity index is 1330. The highest BCUT2D eigenvalue weighted by molar-refractivity contribution is 5.82. The van der Waals surface area contributed by atoms with Crippen LogP contribution in [0.5, 0.6) is 11.5 Å². The lowest BCUT2D eigenvalue weighted by Gasteiger charge is -2.37. The molecule has 2 fully saturated rings. The number of imidazole rings is 1. The molecular formula is C29H40N6O6. The molecule has 0 aliphatic heterocycles. The summed E-state index contributed by atoms with van der Waals surface area (Å²) in [6.07, 6.45) is 5.27. The maximum atomic E-state index is 11.6. The first-order valence-corrected chi connectivity index (χ1v) is 14.3. The summed E-state index contributed by atoms with van der Waals surface area (Å²) in [6.45, 7) is 3.31. The summed E-state index contributed by atoms with van der Waals surface area (Å²) in [5.41, 5.74) is 2.12. The van der Waals surface area contributed by atoms with E-state index in [1.165, 1.54) is 6.33 Å². The van der Waals surface area contributed by atoms with Gasteiger partial charge in [-0.2, -0.15) is 0 Å². The van der Waals surface area contributed by atoms with E-state index in [9.17, 15) is 15.0 Å². The average molecular weight is 569 g/mol. The highest BCUT2D eigenvalue weighted by atomic mass is 16.5. The van der Waals surface area contributed by atoms with Crippen LogP contribution in [-0.2, 0) is 16.1 Å². The normalized spacial score (nSPS) is 25.6. The minimum Gasteiger partial charge on any atom is -0.497 e. The summed E-state index contributed by atoms with van der Waals surface area (Å²) in [5, 5.41) is 28.7. The number of aliphatic hydroxyl groups excluding tert-OH is 2. The molecule has 0 amide bonds. The second-order valence-electron chi connectivity index (χ2n) is 10.9. The fourth-order valence-electron chi connectivity index (χ4n) is 5.99. The maximum Gasteiger partial charge on any atom is 0.305 e. The van der Waals surface area contributed by atoms with Gasteiger partial charge in [0.25, 0.3) is 0 Å². The number of rotatable bonds is 13. The smallest absolute Gasteiger partial charge is 0.305 e. The number of hydrogen-bond donors (Lipinski definition) is 4. The Balaban J connectivity index is 1.18. The summed E-state index contributed by atoms with van der Waals surface area (Å²) < 4.78 is 17.6. The number of nitrogens with zero attached hydrogens (tertiary/aromatic N) is 4. The Morgan fingerprint density at radius 2 is 1.93 bits per heavy atom. The molecule has 2 saturated carbocycles. The van der Waals surface area contributed by atoms with E-state index in [4.69, 9.17) is 14.2 Å². The molecular weight excluding hydrogens is 528 g/mol. The summed E-state index contributed by atoms with van der Waals surface area (Å²) in [5.74, 6) is 2.27. The largest absolute Gasteiger partial charge is 0.497 e. The number of fused-ring (bicyclic) bond motifs is 1. The molecule has 0 unspecified atom stereocenters. The van der Waals surface area contributed by atoms with Gasteiger partial charge in [0.1, 0.15) is 29.4 Å². The van der Waals surface area contributed by atoms with Crippen LogP contribution < -0.4 is 20.1 Å². The number of benzene rings is 1. The van der Waals surface area contributed by atoms with Crippen molar-refractivity contribution < 1.29 is 29.2 Å². The number of anilines is 1. The van der Waals surface area contributed by atoms with Gasteiger partial charge in [0.05, 0.1) is 39.3 Å². The monoisotopic (exact) mass is 568 g/mol. The van der Waals surface area contributed by atoms with Gasteiger partial charge in [0.2, 0.25) is 0 Å².